The Labute approximate surface area is 163 Å². The van der Waals surface area contributed by atoms with Gasteiger partial charge in [0.2, 0.25) is 17.8 Å². The van der Waals surface area contributed by atoms with Crippen LogP contribution in [0.3, 0.4) is 0 Å². The summed E-state index contributed by atoms with van der Waals surface area (Å²) in [6.45, 7) is 2.05. The Hall–Kier alpha value is -3.93. The van der Waals surface area contributed by atoms with Crippen molar-refractivity contribution < 1.29 is 0 Å². The highest BCUT2D eigenvalue weighted by molar-refractivity contribution is 5.61. The van der Waals surface area contributed by atoms with Crippen LogP contribution in [0.15, 0.2) is 84.9 Å². The average Bonchev–Trinajstić information content (AvgIpc) is 2.71. The molecule has 28 heavy (non-hydrogen) atoms. The number of benzene rings is 3. The van der Waals surface area contributed by atoms with Crippen molar-refractivity contribution in [1.29, 1.82) is 0 Å². The van der Waals surface area contributed by atoms with Crippen molar-refractivity contribution >= 4 is 34.9 Å². The normalized spacial score (nSPS) is 10.3. The summed E-state index contributed by atoms with van der Waals surface area (Å²) < 4.78 is 0. The maximum atomic E-state index is 4.50. The van der Waals surface area contributed by atoms with Crippen LogP contribution >= 0.6 is 0 Å². The first-order valence-electron chi connectivity index (χ1n) is 8.98. The van der Waals surface area contributed by atoms with E-state index in [1.807, 2.05) is 84.9 Å². The lowest BCUT2D eigenvalue weighted by atomic mass is 10.2. The van der Waals surface area contributed by atoms with Crippen molar-refractivity contribution in [2.45, 2.75) is 6.92 Å². The number of para-hydroxylation sites is 2. The number of hydrogen-bond donors (Lipinski definition) is 3. The molecule has 0 radical (unpaired) electrons. The van der Waals surface area contributed by atoms with Crippen LogP contribution in [0.25, 0.3) is 0 Å². The molecule has 3 N–H and O–H groups in total. The van der Waals surface area contributed by atoms with E-state index in [0.29, 0.717) is 17.8 Å². The molecule has 0 saturated carbocycles. The summed E-state index contributed by atoms with van der Waals surface area (Å²) in [4.78, 5) is 13.5. The first-order chi connectivity index (χ1) is 13.7. The fourth-order valence-corrected chi connectivity index (χ4v) is 2.61. The highest BCUT2D eigenvalue weighted by atomic mass is 15.3. The third kappa shape index (κ3) is 4.62. The van der Waals surface area contributed by atoms with Crippen LogP contribution in [0.1, 0.15) is 5.56 Å². The van der Waals surface area contributed by atoms with Gasteiger partial charge in [-0.3, -0.25) is 0 Å². The second-order valence-electron chi connectivity index (χ2n) is 6.28. The van der Waals surface area contributed by atoms with E-state index in [4.69, 9.17) is 0 Å². The van der Waals surface area contributed by atoms with Gasteiger partial charge in [0, 0.05) is 17.1 Å². The zero-order valence-electron chi connectivity index (χ0n) is 15.4. The molecule has 0 aliphatic heterocycles. The maximum Gasteiger partial charge on any atom is 0.233 e. The van der Waals surface area contributed by atoms with Crippen LogP contribution < -0.4 is 16.0 Å². The van der Waals surface area contributed by atoms with E-state index in [-0.39, 0.29) is 0 Å². The quantitative estimate of drug-likeness (QED) is 0.422. The van der Waals surface area contributed by atoms with Gasteiger partial charge in [0.05, 0.1) is 0 Å². The second-order valence-corrected chi connectivity index (χ2v) is 6.28. The van der Waals surface area contributed by atoms with Gasteiger partial charge in [-0.25, -0.2) is 0 Å². The fourth-order valence-electron chi connectivity index (χ4n) is 2.61. The summed E-state index contributed by atoms with van der Waals surface area (Å²) in [5.41, 5.74) is 3.91. The minimum Gasteiger partial charge on any atom is -0.324 e. The Kier molecular flexibility index (Phi) is 5.11. The van der Waals surface area contributed by atoms with Crippen LogP contribution in [0.2, 0.25) is 0 Å². The summed E-state index contributed by atoms with van der Waals surface area (Å²) in [6.07, 6.45) is 0. The number of hydrogen-bond acceptors (Lipinski definition) is 6. The summed E-state index contributed by atoms with van der Waals surface area (Å²) in [5.74, 6) is 1.36. The molecule has 1 heterocycles. The summed E-state index contributed by atoms with van der Waals surface area (Å²) in [6, 6.07) is 27.7. The van der Waals surface area contributed by atoms with Gasteiger partial charge in [0.25, 0.3) is 0 Å². The van der Waals surface area contributed by atoms with Crippen LogP contribution in [-0.4, -0.2) is 15.0 Å². The van der Waals surface area contributed by atoms with Crippen molar-refractivity contribution in [3.8, 4) is 0 Å². The Morgan fingerprint density at radius 1 is 0.464 bits per heavy atom. The van der Waals surface area contributed by atoms with Crippen LogP contribution in [0.4, 0.5) is 34.9 Å². The van der Waals surface area contributed by atoms with Crippen molar-refractivity contribution in [3.63, 3.8) is 0 Å². The van der Waals surface area contributed by atoms with Crippen molar-refractivity contribution in [2.24, 2.45) is 0 Å². The van der Waals surface area contributed by atoms with E-state index in [1.165, 1.54) is 5.56 Å². The van der Waals surface area contributed by atoms with Crippen LogP contribution in [0.5, 0.6) is 0 Å². The fraction of sp³-hybridized carbons (Fsp3) is 0.0455. The minimum absolute atomic E-state index is 0.453. The smallest absolute Gasteiger partial charge is 0.233 e. The molecule has 0 aliphatic rings. The SMILES string of the molecule is Cc1ccc(Nc2nc(Nc3ccccc3)nc(Nc3ccccc3)n2)cc1. The summed E-state index contributed by atoms with van der Waals surface area (Å²) in [7, 11) is 0. The van der Waals surface area contributed by atoms with E-state index in [1.54, 1.807) is 0 Å². The molecule has 4 aromatic rings. The van der Waals surface area contributed by atoms with Gasteiger partial charge in [-0.05, 0) is 43.3 Å². The van der Waals surface area contributed by atoms with Gasteiger partial charge in [-0.1, -0.05) is 54.1 Å². The first kappa shape index (κ1) is 17.5. The van der Waals surface area contributed by atoms with Crippen molar-refractivity contribution in [3.05, 3.63) is 90.5 Å². The van der Waals surface area contributed by atoms with Gasteiger partial charge in [0.15, 0.2) is 0 Å². The number of rotatable bonds is 6. The molecule has 0 atom stereocenters. The summed E-state index contributed by atoms with van der Waals surface area (Å²) >= 11 is 0. The van der Waals surface area contributed by atoms with Gasteiger partial charge in [-0.15, -0.1) is 0 Å². The lowest BCUT2D eigenvalue weighted by Gasteiger charge is -2.11. The predicted molar refractivity (Wildman–Crippen MR) is 114 cm³/mol. The van der Waals surface area contributed by atoms with E-state index in [0.717, 1.165) is 17.1 Å². The number of anilines is 6. The van der Waals surface area contributed by atoms with Gasteiger partial charge >= 0.3 is 0 Å². The van der Waals surface area contributed by atoms with Crippen LogP contribution in [0, 0.1) is 6.92 Å². The molecule has 0 aliphatic carbocycles. The average molecular weight is 368 g/mol. The molecule has 4 rings (SSSR count). The van der Waals surface area contributed by atoms with E-state index < -0.39 is 0 Å². The molecular formula is C22H20N6. The number of aromatic nitrogens is 3. The highest BCUT2D eigenvalue weighted by Gasteiger charge is 2.08. The molecule has 1 aromatic heterocycles. The van der Waals surface area contributed by atoms with Gasteiger partial charge in [0.1, 0.15) is 0 Å². The lowest BCUT2D eigenvalue weighted by molar-refractivity contribution is 1.06. The van der Waals surface area contributed by atoms with E-state index in [9.17, 15) is 0 Å². The van der Waals surface area contributed by atoms with Crippen LogP contribution in [-0.2, 0) is 0 Å². The van der Waals surface area contributed by atoms with E-state index >= 15 is 0 Å². The molecule has 3 aromatic carbocycles. The standard InChI is InChI=1S/C22H20N6/c1-16-12-14-19(15-13-16)25-22-27-20(23-17-8-4-2-5-9-17)26-21(28-22)24-18-10-6-3-7-11-18/h2-15H,1H3,(H3,23,24,25,26,27,28). The maximum absolute atomic E-state index is 4.50. The molecule has 6 heteroatoms. The topological polar surface area (TPSA) is 74.8 Å². The molecule has 138 valence electrons. The minimum atomic E-state index is 0.453. The third-order valence-corrected chi connectivity index (χ3v) is 4.00. The second kappa shape index (κ2) is 8.18. The van der Waals surface area contributed by atoms with Crippen molar-refractivity contribution in [1.82, 2.24) is 15.0 Å². The third-order valence-electron chi connectivity index (χ3n) is 4.00. The van der Waals surface area contributed by atoms with Gasteiger partial charge in [-0.2, -0.15) is 15.0 Å². The molecule has 0 unspecified atom stereocenters. The Morgan fingerprint density at radius 2 is 0.821 bits per heavy atom. The molecule has 0 saturated heterocycles. The highest BCUT2D eigenvalue weighted by Crippen LogP contribution is 2.20. The Morgan fingerprint density at radius 3 is 1.21 bits per heavy atom. The van der Waals surface area contributed by atoms with Crippen molar-refractivity contribution in [2.75, 3.05) is 16.0 Å². The Balaban J connectivity index is 1.64. The predicted octanol–water partition coefficient (Wildman–Crippen LogP) is 5.41. The zero-order chi connectivity index (χ0) is 19.2. The molecule has 6 nitrogen and oxygen atoms in total. The first-order valence-corrected chi connectivity index (χ1v) is 8.98. The molecule has 0 bridgehead atoms. The number of aryl methyl sites for hydroxylation is 1. The lowest BCUT2D eigenvalue weighted by Crippen LogP contribution is -2.07. The number of nitrogens with one attached hydrogen (secondary N) is 3. The molecule has 0 spiro atoms. The Bertz CT molecular complexity index is 974. The molecular weight excluding hydrogens is 348 g/mol. The monoisotopic (exact) mass is 368 g/mol. The largest absolute Gasteiger partial charge is 0.324 e. The zero-order valence-corrected chi connectivity index (χ0v) is 15.4. The van der Waals surface area contributed by atoms with Gasteiger partial charge < -0.3 is 16.0 Å². The summed E-state index contributed by atoms with van der Waals surface area (Å²) in [5, 5.41) is 9.69. The van der Waals surface area contributed by atoms with E-state index in [2.05, 4.69) is 37.8 Å². The number of nitrogens with zero attached hydrogens (tertiary/aromatic N) is 3. The molecule has 0 fully saturated rings. The molecule has 0 amide bonds.